The first-order valence-electron chi connectivity index (χ1n) is 5.67. The predicted octanol–water partition coefficient (Wildman–Crippen LogP) is 1.08. The maximum Gasteiger partial charge on any atom is 0.150 e. The Hall–Kier alpha value is -1.42. The third-order valence-electron chi connectivity index (χ3n) is 3.13. The zero-order valence-electron chi connectivity index (χ0n) is 9.52. The van der Waals surface area contributed by atoms with Crippen molar-refractivity contribution in [3.05, 3.63) is 23.9 Å². The molecule has 0 aliphatic carbocycles. The van der Waals surface area contributed by atoms with Crippen LogP contribution in [0.1, 0.15) is 23.2 Å². The number of anilines is 1. The van der Waals surface area contributed by atoms with E-state index >= 15 is 0 Å². The second kappa shape index (κ2) is 5.07. The van der Waals surface area contributed by atoms with Gasteiger partial charge in [-0.1, -0.05) is 0 Å². The highest BCUT2D eigenvalue weighted by Gasteiger charge is 2.18. The number of nitrogens with zero attached hydrogens (tertiary/aromatic N) is 2. The maximum atomic E-state index is 10.7. The molecule has 1 aromatic rings. The highest BCUT2D eigenvalue weighted by Crippen LogP contribution is 2.18. The molecule has 1 fully saturated rings. The smallest absolute Gasteiger partial charge is 0.150 e. The number of pyridine rings is 1. The number of carbonyl (C=O) groups is 1. The van der Waals surface area contributed by atoms with Crippen molar-refractivity contribution in [1.82, 2.24) is 10.3 Å². The number of aldehydes is 1. The zero-order valence-corrected chi connectivity index (χ0v) is 9.52. The first-order valence-corrected chi connectivity index (χ1v) is 5.67. The summed E-state index contributed by atoms with van der Waals surface area (Å²) in [5.41, 5.74) is 0.695. The lowest BCUT2D eigenvalue weighted by Gasteiger charge is -2.32. The molecule has 0 saturated carbocycles. The van der Waals surface area contributed by atoms with Crippen molar-refractivity contribution in [2.45, 2.75) is 18.9 Å². The average molecular weight is 219 g/mol. The summed E-state index contributed by atoms with van der Waals surface area (Å²) in [5.74, 6) is 0.916. The van der Waals surface area contributed by atoms with E-state index in [0.29, 0.717) is 11.6 Å². The maximum absolute atomic E-state index is 10.7. The molecule has 0 spiro atoms. The fourth-order valence-electron chi connectivity index (χ4n) is 2.08. The Kier molecular flexibility index (Phi) is 3.51. The van der Waals surface area contributed by atoms with Gasteiger partial charge in [0, 0.05) is 30.9 Å². The molecule has 4 nitrogen and oxygen atoms in total. The van der Waals surface area contributed by atoms with Gasteiger partial charge in [-0.15, -0.1) is 0 Å². The van der Waals surface area contributed by atoms with Crippen molar-refractivity contribution >= 4 is 12.1 Å². The fourth-order valence-corrected chi connectivity index (χ4v) is 2.08. The van der Waals surface area contributed by atoms with E-state index in [0.717, 1.165) is 38.0 Å². The second-order valence-corrected chi connectivity index (χ2v) is 4.12. The summed E-state index contributed by atoms with van der Waals surface area (Å²) in [5, 5.41) is 3.30. The molecule has 0 bridgehead atoms. The Bertz CT molecular complexity index is 359. The van der Waals surface area contributed by atoms with Crippen LogP contribution in [0.3, 0.4) is 0 Å². The van der Waals surface area contributed by atoms with Crippen LogP contribution >= 0.6 is 0 Å². The molecule has 1 aliphatic rings. The monoisotopic (exact) mass is 219 g/mol. The largest absolute Gasteiger partial charge is 0.356 e. The molecule has 0 aromatic carbocycles. The van der Waals surface area contributed by atoms with Gasteiger partial charge in [-0.25, -0.2) is 4.98 Å². The summed E-state index contributed by atoms with van der Waals surface area (Å²) < 4.78 is 0. The van der Waals surface area contributed by atoms with E-state index in [1.807, 2.05) is 13.1 Å². The van der Waals surface area contributed by atoms with Crippen molar-refractivity contribution < 1.29 is 4.79 Å². The highest BCUT2D eigenvalue weighted by molar-refractivity contribution is 5.76. The first-order chi connectivity index (χ1) is 7.83. The van der Waals surface area contributed by atoms with E-state index < -0.39 is 0 Å². The fraction of sp³-hybridized carbons (Fsp3) is 0.500. The highest BCUT2D eigenvalue weighted by atomic mass is 16.1. The zero-order chi connectivity index (χ0) is 11.4. The van der Waals surface area contributed by atoms with Crippen LogP contribution < -0.4 is 10.2 Å². The van der Waals surface area contributed by atoms with E-state index in [1.54, 1.807) is 12.3 Å². The Morgan fingerprint density at radius 2 is 2.25 bits per heavy atom. The van der Waals surface area contributed by atoms with Gasteiger partial charge in [0.25, 0.3) is 0 Å². The van der Waals surface area contributed by atoms with Crippen LogP contribution in [-0.2, 0) is 0 Å². The van der Waals surface area contributed by atoms with Crippen LogP contribution in [0.2, 0.25) is 0 Å². The lowest BCUT2D eigenvalue weighted by atomic mass is 10.1. The molecule has 0 radical (unpaired) electrons. The standard InChI is InChI=1S/C12H17N3O/c1-13-11-3-6-15(7-4-11)12-8-10(9-16)2-5-14-12/h2,5,8-9,11,13H,3-4,6-7H2,1H3. The molecule has 1 aliphatic heterocycles. The topological polar surface area (TPSA) is 45.2 Å². The molecule has 86 valence electrons. The van der Waals surface area contributed by atoms with Crippen molar-refractivity contribution in [3.8, 4) is 0 Å². The Balaban J connectivity index is 2.05. The van der Waals surface area contributed by atoms with Crippen LogP contribution in [0.25, 0.3) is 0 Å². The van der Waals surface area contributed by atoms with E-state index in [2.05, 4.69) is 15.2 Å². The van der Waals surface area contributed by atoms with Crippen molar-refractivity contribution in [2.75, 3.05) is 25.0 Å². The average Bonchev–Trinajstić information content (AvgIpc) is 2.39. The van der Waals surface area contributed by atoms with Gasteiger partial charge in [0.05, 0.1) is 0 Å². The summed E-state index contributed by atoms with van der Waals surface area (Å²) >= 11 is 0. The molecule has 16 heavy (non-hydrogen) atoms. The molecule has 0 unspecified atom stereocenters. The van der Waals surface area contributed by atoms with Gasteiger partial charge in [-0.3, -0.25) is 4.79 Å². The van der Waals surface area contributed by atoms with Gasteiger partial charge in [0.1, 0.15) is 12.1 Å². The summed E-state index contributed by atoms with van der Waals surface area (Å²) in [7, 11) is 2.01. The first kappa shape index (κ1) is 11.1. The lowest BCUT2D eigenvalue weighted by Crippen LogP contribution is -2.41. The van der Waals surface area contributed by atoms with Crippen molar-refractivity contribution in [1.29, 1.82) is 0 Å². The molecule has 1 saturated heterocycles. The second-order valence-electron chi connectivity index (χ2n) is 4.12. The molecule has 2 heterocycles. The number of rotatable bonds is 3. The normalized spacial score (nSPS) is 17.4. The van der Waals surface area contributed by atoms with E-state index in [9.17, 15) is 4.79 Å². The minimum atomic E-state index is 0.616. The van der Waals surface area contributed by atoms with E-state index in [4.69, 9.17) is 0 Å². The van der Waals surface area contributed by atoms with E-state index in [1.165, 1.54) is 0 Å². The number of aromatic nitrogens is 1. The quantitative estimate of drug-likeness (QED) is 0.773. The lowest BCUT2D eigenvalue weighted by molar-refractivity contribution is 0.112. The van der Waals surface area contributed by atoms with Crippen LogP contribution in [0.15, 0.2) is 18.3 Å². The van der Waals surface area contributed by atoms with Crippen molar-refractivity contribution in [2.24, 2.45) is 0 Å². The molecule has 1 aromatic heterocycles. The Morgan fingerprint density at radius 1 is 1.50 bits per heavy atom. The number of hydrogen-bond donors (Lipinski definition) is 1. The third-order valence-corrected chi connectivity index (χ3v) is 3.13. The van der Waals surface area contributed by atoms with Gasteiger partial charge < -0.3 is 10.2 Å². The minimum absolute atomic E-state index is 0.616. The van der Waals surface area contributed by atoms with Gasteiger partial charge in [-0.2, -0.15) is 0 Å². The number of piperidine rings is 1. The van der Waals surface area contributed by atoms with Gasteiger partial charge >= 0.3 is 0 Å². The van der Waals surface area contributed by atoms with Crippen LogP contribution in [0, 0.1) is 0 Å². The third kappa shape index (κ3) is 2.39. The molecule has 0 amide bonds. The molecule has 1 N–H and O–H groups in total. The van der Waals surface area contributed by atoms with Crippen LogP contribution in [0.4, 0.5) is 5.82 Å². The predicted molar refractivity (Wildman–Crippen MR) is 63.9 cm³/mol. The van der Waals surface area contributed by atoms with Gasteiger partial charge in [0.15, 0.2) is 0 Å². The minimum Gasteiger partial charge on any atom is -0.356 e. The molecular formula is C12H17N3O. The Morgan fingerprint density at radius 3 is 2.88 bits per heavy atom. The number of nitrogens with one attached hydrogen (secondary N) is 1. The van der Waals surface area contributed by atoms with Crippen LogP contribution in [0.5, 0.6) is 0 Å². The summed E-state index contributed by atoms with van der Waals surface area (Å²) in [6.07, 6.45) is 4.82. The SMILES string of the molecule is CNC1CCN(c2cc(C=O)ccn2)CC1. The van der Waals surface area contributed by atoms with Gasteiger partial charge in [0.2, 0.25) is 0 Å². The van der Waals surface area contributed by atoms with Gasteiger partial charge in [-0.05, 0) is 32.0 Å². The number of carbonyl (C=O) groups excluding carboxylic acids is 1. The van der Waals surface area contributed by atoms with Crippen LogP contribution in [-0.4, -0.2) is 37.4 Å². The molecule has 4 heteroatoms. The summed E-state index contributed by atoms with van der Waals surface area (Å²) in [4.78, 5) is 17.2. The molecule has 0 atom stereocenters. The van der Waals surface area contributed by atoms with E-state index in [-0.39, 0.29) is 0 Å². The Labute approximate surface area is 95.7 Å². The molecule has 2 rings (SSSR count). The number of hydrogen-bond acceptors (Lipinski definition) is 4. The summed E-state index contributed by atoms with van der Waals surface area (Å²) in [6, 6.07) is 4.20. The van der Waals surface area contributed by atoms with Crippen molar-refractivity contribution in [3.63, 3.8) is 0 Å². The molecular weight excluding hydrogens is 202 g/mol. The summed E-state index contributed by atoms with van der Waals surface area (Å²) in [6.45, 7) is 2.00.